The van der Waals surface area contributed by atoms with Crippen LogP contribution in [0.2, 0.25) is 0 Å². The molecular weight excluding hydrogens is 290 g/mol. The normalized spacial score (nSPS) is 21.4. The van der Waals surface area contributed by atoms with Crippen LogP contribution in [-0.4, -0.2) is 54.3 Å². The highest BCUT2D eigenvalue weighted by molar-refractivity contribution is 5.78. The molecular formula is C18H29N3O2. The van der Waals surface area contributed by atoms with Crippen LogP contribution in [0, 0.1) is 5.92 Å². The molecule has 23 heavy (non-hydrogen) atoms. The first-order chi connectivity index (χ1) is 11.2. The molecule has 0 spiro atoms. The molecule has 1 aromatic rings. The molecule has 3 heterocycles. The summed E-state index contributed by atoms with van der Waals surface area (Å²) in [7, 11) is 2.04. The van der Waals surface area contributed by atoms with Gasteiger partial charge in [0.15, 0.2) is 0 Å². The van der Waals surface area contributed by atoms with Crippen molar-refractivity contribution in [3.63, 3.8) is 0 Å². The zero-order chi connectivity index (χ0) is 16.1. The van der Waals surface area contributed by atoms with Gasteiger partial charge in [-0.1, -0.05) is 0 Å². The Morgan fingerprint density at radius 2 is 2.00 bits per heavy atom. The molecule has 0 atom stereocenters. The van der Waals surface area contributed by atoms with E-state index in [9.17, 15) is 4.79 Å². The van der Waals surface area contributed by atoms with E-state index in [1.54, 1.807) is 0 Å². The fraction of sp³-hybridized carbons (Fsp3) is 0.722. The summed E-state index contributed by atoms with van der Waals surface area (Å²) in [6.45, 7) is 4.63. The van der Waals surface area contributed by atoms with Crippen LogP contribution >= 0.6 is 0 Å². The second kappa shape index (κ2) is 7.97. The van der Waals surface area contributed by atoms with Gasteiger partial charge >= 0.3 is 0 Å². The van der Waals surface area contributed by atoms with Crippen LogP contribution < -0.4 is 5.32 Å². The van der Waals surface area contributed by atoms with Crippen LogP contribution in [0.5, 0.6) is 0 Å². The molecule has 3 rings (SSSR count). The summed E-state index contributed by atoms with van der Waals surface area (Å²) in [5.74, 6) is 0.435. The molecule has 2 saturated heterocycles. The lowest BCUT2D eigenvalue weighted by molar-refractivity contribution is -0.126. The molecule has 0 aromatic carbocycles. The number of piperidine rings is 1. The van der Waals surface area contributed by atoms with Crippen LogP contribution in [0.25, 0.3) is 0 Å². The van der Waals surface area contributed by atoms with Crippen molar-refractivity contribution in [1.29, 1.82) is 0 Å². The van der Waals surface area contributed by atoms with Crippen LogP contribution in [0.3, 0.4) is 0 Å². The number of carbonyl (C=O) groups is 1. The average Bonchev–Trinajstić information content (AvgIpc) is 3.01. The van der Waals surface area contributed by atoms with Crippen molar-refractivity contribution < 1.29 is 9.53 Å². The Morgan fingerprint density at radius 1 is 1.26 bits per heavy atom. The van der Waals surface area contributed by atoms with Gasteiger partial charge in [-0.25, -0.2) is 0 Å². The van der Waals surface area contributed by atoms with E-state index in [4.69, 9.17) is 4.74 Å². The molecule has 2 aliphatic rings. The zero-order valence-corrected chi connectivity index (χ0v) is 14.2. The highest BCUT2D eigenvalue weighted by Crippen LogP contribution is 2.23. The third-order valence-corrected chi connectivity index (χ3v) is 5.34. The first-order valence-corrected chi connectivity index (χ1v) is 8.94. The topological polar surface area (TPSA) is 46.5 Å². The molecule has 0 unspecified atom stereocenters. The fourth-order valence-electron chi connectivity index (χ4n) is 3.79. The van der Waals surface area contributed by atoms with Crippen molar-refractivity contribution in [3.8, 4) is 0 Å². The smallest absolute Gasteiger partial charge is 0.223 e. The number of rotatable bonds is 5. The molecule has 2 fully saturated rings. The standard InChI is InChI=1S/C18H29N3O2/c1-20-10-2-3-16(20)4-9-19-18(22)15-5-11-21(12-6-15)17-7-13-23-14-8-17/h2-3,10,15,17H,4-9,11-14H2,1H3,(H,19,22). The predicted molar refractivity (Wildman–Crippen MR) is 90.3 cm³/mol. The van der Waals surface area contributed by atoms with Crippen LogP contribution in [0.4, 0.5) is 0 Å². The second-order valence-electron chi connectivity index (χ2n) is 6.81. The number of nitrogens with one attached hydrogen (secondary N) is 1. The largest absolute Gasteiger partial charge is 0.381 e. The first kappa shape index (κ1) is 16.5. The third kappa shape index (κ3) is 4.36. The van der Waals surface area contributed by atoms with Crippen LogP contribution in [0.1, 0.15) is 31.4 Å². The first-order valence-electron chi connectivity index (χ1n) is 8.94. The summed E-state index contributed by atoms with van der Waals surface area (Å²) in [6.07, 6.45) is 7.22. The monoisotopic (exact) mass is 319 g/mol. The van der Waals surface area contributed by atoms with Crippen molar-refractivity contribution in [2.45, 2.75) is 38.1 Å². The van der Waals surface area contributed by atoms with E-state index in [-0.39, 0.29) is 11.8 Å². The molecule has 0 bridgehead atoms. The van der Waals surface area contributed by atoms with Gasteiger partial charge in [0, 0.05) is 57.1 Å². The van der Waals surface area contributed by atoms with Gasteiger partial charge in [0.05, 0.1) is 0 Å². The minimum absolute atomic E-state index is 0.194. The van der Waals surface area contributed by atoms with Gasteiger partial charge in [-0.05, 0) is 50.9 Å². The van der Waals surface area contributed by atoms with Crippen LogP contribution in [-0.2, 0) is 23.0 Å². The molecule has 5 heteroatoms. The molecule has 1 amide bonds. The third-order valence-electron chi connectivity index (χ3n) is 5.34. The highest BCUT2D eigenvalue weighted by Gasteiger charge is 2.29. The second-order valence-corrected chi connectivity index (χ2v) is 6.81. The number of likely N-dealkylation sites (tertiary alicyclic amines) is 1. The molecule has 0 aliphatic carbocycles. The maximum Gasteiger partial charge on any atom is 0.223 e. The lowest BCUT2D eigenvalue weighted by atomic mass is 9.93. The maximum absolute atomic E-state index is 12.3. The van der Waals surface area contributed by atoms with Gasteiger partial charge in [0.2, 0.25) is 5.91 Å². The summed E-state index contributed by atoms with van der Waals surface area (Å²) in [4.78, 5) is 14.9. The summed E-state index contributed by atoms with van der Waals surface area (Å²) in [6, 6.07) is 4.83. The summed E-state index contributed by atoms with van der Waals surface area (Å²) in [5, 5.41) is 3.12. The molecule has 128 valence electrons. The highest BCUT2D eigenvalue weighted by atomic mass is 16.5. The Hall–Kier alpha value is -1.33. The van der Waals surface area contributed by atoms with Gasteiger partial charge in [-0.15, -0.1) is 0 Å². The number of aryl methyl sites for hydroxylation is 1. The number of aromatic nitrogens is 1. The minimum Gasteiger partial charge on any atom is -0.381 e. The molecule has 1 N–H and O–H groups in total. The Morgan fingerprint density at radius 3 is 2.65 bits per heavy atom. The quantitative estimate of drug-likeness (QED) is 0.896. The molecule has 1 aromatic heterocycles. The van der Waals surface area contributed by atoms with Gasteiger partial charge in [-0.2, -0.15) is 0 Å². The molecule has 0 saturated carbocycles. The predicted octanol–water partition coefficient (Wildman–Crippen LogP) is 1.57. The lowest BCUT2D eigenvalue weighted by Crippen LogP contribution is -2.46. The molecule has 0 radical (unpaired) electrons. The number of ether oxygens (including phenoxy) is 1. The summed E-state index contributed by atoms with van der Waals surface area (Å²) < 4.78 is 7.55. The van der Waals surface area contributed by atoms with Crippen molar-refractivity contribution in [2.75, 3.05) is 32.8 Å². The SMILES string of the molecule is Cn1cccc1CCNC(=O)C1CCN(C2CCOCC2)CC1. The minimum atomic E-state index is 0.194. The Balaban J connectivity index is 1.37. The van der Waals surface area contributed by atoms with E-state index in [0.717, 1.165) is 65.0 Å². The summed E-state index contributed by atoms with van der Waals surface area (Å²) in [5.41, 5.74) is 1.26. The van der Waals surface area contributed by atoms with Gasteiger partial charge in [-0.3, -0.25) is 4.79 Å². The van der Waals surface area contributed by atoms with Crippen molar-refractivity contribution in [1.82, 2.24) is 14.8 Å². The van der Waals surface area contributed by atoms with E-state index < -0.39 is 0 Å². The molecule has 5 nitrogen and oxygen atoms in total. The van der Waals surface area contributed by atoms with E-state index in [1.807, 2.05) is 19.3 Å². The Bertz CT molecular complexity index is 500. The van der Waals surface area contributed by atoms with Gasteiger partial charge in [0.1, 0.15) is 0 Å². The lowest BCUT2D eigenvalue weighted by Gasteiger charge is -2.38. The number of hydrogen-bond donors (Lipinski definition) is 1. The van der Waals surface area contributed by atoms with Gasteiger partial charge in [0.25, 0.3) is 0 Å². The van der Waals surface area contributed by atoms with Gasteiger partial charge < -0.3 is 19.5 Å². The average molecular weight is 319 g/mol. The fourth-order valence-corrected chi connectivity index (χ4v) is 3.79. The summed E-state index contributed by atoms with van der Waals surface area (Å²) >= 11 is 0. The number of nitrogens with zero attached hydrogens (tertiary/aromatic N) is 2. The Kier molecular flexibility index (Phi) is 5.73. The number of hydrogen-bond acceptors (Lipinski definition) is 3. The van der Waals surface area contributed by atoms with Crippen molar-refractivity contribution in [3.05, 3.63) is 24.0 Å². The maximum atomic E-state index is 12.3. The zero-order valence-electron chi connectivity index (χ0n) is 14.2. The number of carbonyl (C=O) groups excluding carboxylic acids is 1. The van der Waals surface area contributed by atoms with E-state index in [1.165, 1.54) is 5.69 Å². The Labute approximate surface area is 139 Å². The molecule has 2 aliphatic heterocycles. The number of amides is 1. The van der Waals surface area contributed by atoms with Crippen molar-refractivity contribution >= 4 is 5.91 Å². The van der Waals surface area contributed by atoms with E-state index in [0.29, 0.717) is 6.04 Å². The van der Waals surface area contributed by atoms with Crippen LogP contribution in [0.15, 0.2) is 18.3 Å². The van der Waals surface area contributed by atoms with E-state index >= 15 is 0 Å². The van der Waals surface area contributed by atoms with E-state index in [2.05, 4.69) is 20.9 Å². The van der Waals surface area contributed by atoms with Crippen molar-refractivity contribution in [2.24, 2.45) is 13.0 Å².